The van der Waals surface area contributed by atoms with Crippen LogP contribution in [0.25, 0.3) is 11.0 Å². The molecule has 0 fully saturated rings. The Kier molecular flexibility index (Phi) is 3.65. The molecule has 3 aromatic rings. The largest absolute Gasteiger partial charge is 0.328 e. The van der Waals surface area contributed by atoms with Crippen molar-refractivity contribution in [3.63, 3.8) is 0 Å². The smallest absolute Gasteiger partial charge is 0.178 e. The molecular formula is C16H15FN2S. The summed E-state index contributed by atoms with van der Waals surface area (Å²) in [4.78, 5) is 2.95. The molecule has 2 nitrogen and oxygen atoms in total. The summed E-state index contributed by atoms with van der Waals surface area (Å²) in [5, 5.41) is 0. The topological polar surface area (TPSA) is 20.7 Å². The van der Waals surface area contributed by atoms with Gasteiger partial charge in [-0.1, -0.05) is 36.4 Å². The Morgan fingerprint density at radius 3 is 2.65 bits per heavy atom. The summed E-state index contributed by atoms with van der Waals surface area (Å²) in [5.74, 6) is -0.254. The highest BCUT2D eigenvalue weighted by Crippen LogP contribution is 2.18. The van der Waals surface area contributed by atoms with E-state index in [0.717, 1.165) is 24.9 Å². The van der Waals surface area contributed by atoms with Gasteiger partial charge in [0.25, 0.3) is 0 Å². The molecular weight excluding hydrogens is 271 g/mol. The van der Waals surface area contributed by atoms with Crippen LogP contribution in [0.1, 0.15) is 12.0 Å². The van der Waals surface area contributed by atoms with E-state index in [1.54, 1.807) is 6.07 Å². The summed E-state index contributed by atoms with van der Waals surface area (Å²) in [6.07, 6.45) is 1.96. The number of nitrogens with zero attached hydrogens (tertiary/aromatic N) is 1. The predicted molar refractivity (Wildman–Crippen MR) is 81.8 cm³/mol. The van der Waals surface area contributed by atoms with Crippen LogP contribution in [-0.2, 0) is 13.0 Å². The van der Waals surface area contributed by atoms with E-state index in [4.69, 9.17) is 12.2 Å². The number of fused-ring (bicyclic) bond motifs is 1. The minimum absolute atomic E-state index is 0.254. The van der Waals surface area contributed by atoms with Gasteiger partial charge in [-0.05, 0) is 42.8 Å². The Balaban J connectivity index is 1.80. The Labute approximate surface area is 121 Å². The van der Waals surface area contributed by atoms with Gasteiger partial charge in [-0.25, -0.2) is 4.39 Å². The average molecular weight is 286 g/mol. The number of rotatable bonds is 4. The SMILES string of the molecule is Fc1cccc2c1[nH]c(=S)n2CCCc1ccccc1. The van der Waals surface area contributed by atoms with Crippen molar-refractivity contribution in [2.75, 3.05) is 0 Å². The van der Waals surface area contributed by atoms with Crippen molar-refractivity contribution in [2.45, 2.75) is 19.4 Å². The number of imidazole rings is 1. The van der Waals surface area contributed by atoms with Crippen LogP contribution >= 0.6 is 12.2 Å². The maximum Gasteiger partial charge on any atom is 0.178 e. The zero-order chi connectivity index (χ0) is 13.9. The summed E-state index contributed by atoms with van der Waals surface area (Å²) in [6.45, 7) is 0.789. The van der Waals surface area contributed by atoms with Crippen LogP contribution in [0, 0.1) is 10.6 Å². The number of hydrogen-bond donors (Lipinski definition) is 1. The molecule has 3 rings (SSSR count). The van der Waals surface area contributed by atoms with Gasteiger partial charge in [0.15, 0.2) is 4.77 Å². The maximum absolute atomic E-state index is 13.7. The molecule has 1 aromatic heterocycles. The van der Waals surface area contributed by atoms with Crippen molar-refractivity contribution < 1.29 is 4.39 Å². The minimum atomic E-state index is -0.254. The molecule has 0 amide bonds. The van der Waals surface area contributed by atoms with E-state index in [-0.39, 0.29) is 5.82 Å². The van der Waals surface area contributed by atoms with Crippen molar-refractivity contribution in [2.24, 2.45) is 0 Å². The molecule has 0 unspecified atom stereocenters. The highest BCUT2D eigenvalue weighted by Gasteiger charge is 2.07. The standard InChI is InChI=1S/C16H15FN2S/c17-13-9-4-10-14-15(13)18-16(20)19(14)11-5-8-12-6-2-1-3-7-12/h1-4,6-7,9-10H,5,8,11H2,(H,18,20). The number of para-hydroxylation sites is 1. The third-order valence-corrected chi connectivity index (χ3v) is 3.77. The number of benzene rings is 2. The van der Waals surface area contributed by atoms with Crippen molar-refractivity contribution in [1.82, 2.24) is 9.55 Å². The average Bonchev–Trinajstić information content (AvgIpc) is 2.78. The van der Waals surface area contributed by atoms with Crippen LogP contribution < -0.4 is 0 Å². The molecule has 0 saturated carbocycles. The zero-order valence-electron chi connectivity index (χ0n) is 11.0. The molecule has 0 aliphatic carbocycles. The molecule has 0 aliphatic heterocycles. The fraction of sp³-hybridized carbons (Fsp3) is 0.188. The lowest BCUT2D eigenvalue weighted by Crippen LogP contribution is -1.99. The van der Waals surface area contributed by atoms with Gasteiger partial charge in [-0.2, -0.15) is 0 Å². The van der Waals surface area contributed by atoms with E-state index in [0.29, 0.717) is 10.3 Å². The second-order valence-electron chi connectivity index (χ2n) is 4.80. The van der Waals surface area contributed by atoms with E-state index in [2.05, 4.69) is 17.1 Å². The lowest BCUT2D eigenvalue weighted by atomic mass is 10.1. The first-order valence-electron chi connectivity index (χ1n) is 6.66. The first kappa shape index (κ1) is 13.1. The summed E-state index contributed by atoms with van der Waals surface area (Å²) in [5.41, 5.74) is 2.64. The highest BCUT2D eigenvalue weighted by atomic mass is 32.1. The van der Waals surface area contributed by atoms with E-state index in [9.17, 15) is 4.39 Å². The van der Waals surface area contributed by atoms with E-state index in [1.807, 2.05) is 28.8 Å². The van der Waals surface area contributed by atoms with Crippen molar-refractivity contribution >= 4 is 23.3 Å². The number of H-pyrrole nitrogens is 1. The second-order valence-corrected chi connectivity index (χ2v) is 5.19. The Hall–Kier alpha value is -1.94. The quantitative estimate of drug-likeness (QED) is 0.702. The number of hydrogen-bond acceptors (Lipinski definition) is 1. The van der Waals surface area contributed by atoms with Crippen LogP contribution in [0.15, 0.2) is 48.5 Å². The van der Waals surface area contributed by atoms with Crippen molar-refractivity contribution in [1.29, 1.82) is 0 Å². The Bertz CT molecular complexity index is 774. The summed E-state index contributed by atoms with van der Waals surface area (Å²) in [6, 6.07) is 15.4. The number of halogens is 1. The molecule has 1 heterocycles. The zero-order valence-corrected chi connectivity index (χ0v) is 11.8. The van der Waals surface area contributed by atoms with Gasteiger partial charge in [0.1, 0.15) is 11.3 Å². The number of aromatic amines is 1. The Morgan fingerprint density at radius 1 is 1.05 bits per heavy atom. The normalized spacial score (nSPS) is 11.1. The number of nitrogens with one attached hydrogen (secondary N) is 1. The van der Waals surface area contributed by atoms with Crippen LogP contribution in [0.3, 0.4) is 0 Å². The third kappa shape index (κ3) is 2.51. The second kappa shape index (κ2) is 5.59. The van der Waals surface area contributed by atoms with Crippen LogP contribution in [0.4, 0.5) is 4.39 Å². The molecule has 2 aromatic carbocycles. The molecule has 1 N–H and O–H groups in total. The van der Waals surface area contributed by atoms with Gasteiger partial charge in [0.2, 0.25) is 0 Å². The van der Waals surface area contributed by atoms with Crippen molar-refractivity contribution in [3.8, 4) is 0 Å². The summed E-state index contributed by atoms with van der Waals surface area (Å²) in [7, 11) is 0. The fourth-order valence-corrected chi connectivity index (χ4v) is 2.74. The van der Waals surface area contributed by atoms with E-state index < -0.39 is 0 Å². The monoisotopic (exact) mass is 286 g/mol. The molecule has 0 saturated heterocycles. The van der Waals surface area contributed by atoms with Crippen LogP contribution in [0.5, 0.6) is 0 Å². The molecule has 0 spiro atoms. The molecule has 0 bridgehead atoms. The van der Waals surface area contributed by atoms with Gasteiger partial charge < -0.3 is 9.55 Å². The highest BCUT2D eigenvalue weighted by molar-refractivity contribution is 7.71. The van der Waals surface area contributed by atoms with Crippen molar-refractivity contribution in [3.05, 3.63) is 64.7 Å². The maximum atomic E-state index is 13.7. The van der Waals surface area contributed by atoms with E-state index >= 15 is 0 Å². The molecule has 4 heteroatoms. The van der Waals surface area contributed by atoms with Gasteiger partial charge >= 0.3 is 0 Å². The van der Waals surface area contributed by atoms with Gasteiger partial charge in [-0.15, -0.1) is 0 Å². The molecule has 0 atom stereocenters. The summed E-state index contributed by atoms with van der Waals surface area (Å²) < 4.78 is 16.2. The molecule has 0 aliphatic rings. The number of aromatic nitrogens is 2. The first-order valence-corrected chi connectivity index (χ1v) is 7.07. The van der Waals surface area contributed by atoms with Gasteiger partial charge in [0.05, 0.1) is 5.52 Å². The minimum Gasteiger partial charge on any atom is -0.328 e. The summed E-state index contributed by atoms with van der Waals surface area (Å²) >= 11 is 5.28. The lowest BCUT2D eigenvalue weighted by Gasteiger charge is -2.05. The molecule has 0 radical (unpaired) electrons. The van der Waals surface area contributed by atoms with Gasteiger partial charge in [0, 0.05) is 6.54 Å². The van der Waals surface area contributed by atoms with Crippen LogP contribution in [-0.4, -0.2) is 9.55 Å². The lowest BCUT2D eigenvalue weighted by molar-refractivity contribution is 0.636. The van der Waals surface area contributed by atoms with Crippen LogP contribution in [0.2, 0.25) is 0 Å². The molecule has 20 heavy (non-hydrogen) atoms. The third-order valence-electron chi connectivity index (χ3n) is 3.45. The fourth-order valence-electron chi connectivity index (χ4n) is 2.45. The van der Waals surface area contributed by atoms with Gasteiger partial charge in [-0.3, -0.25) is 0 Å². The number of aryl methyl sites for hydroxylation is 2. The first-order chi connectivity index (χ1) is 9.75. The van der Waals surface area contributed by atoms with E-state index in [1.165, 1.54) is 11.6 Å². The molecule has 102 valence electrons. The Morgan fingerprint density at radius 2 is 1.85 bits per heavy atom. The predicted octanol–water partition coefficient (Wildman–Crippen LogP) is 4.47.